The second kappa shape index (κ2) is 6.70. The van der Waals surface area contributed by atoms with Crippen LogP contribution in [0.1, 0.15) is 19.3 Å². The van der Waals surface area contributed by atoms with Gasteiger partial charge in [0.1, 0.15) is 0 Å². The first-order valence-electron chi connectivity index (χ1n) is 2.48. The Kier molecular flexibility index (Phi) is 7.37. The third-order valence-electron chi connectivity index (χ3n) is 0.741. The van der Waals surface area contributed by atoms with Crippen LogP contribution in [0.3, 0.4) is 0 Å². The molecule has 0 aliphatic heterocycles. The molecule has 0 aromatic carbocycles. The summed E-state index contributed by atoms with van der Waals surface area (Å²) in [4.78, 5) is 0. The molecule has 0 aliphatic rings. The van der Waals surface area contributed by atoms with Crippen LogP contribution in [0.2, 0.25) is 0 Å². The van der Waals surface area contributed by atoms with Gasteiger partial charge in [-0.2, -0.15) is 25.3 Å². The largest absolute Gasteiger partial charge is 0.179 e. The number of hydrogen-bond acceptors (Lipinski definition) is 2. The summed E-state index contributed by atoms with van der Waals surface area (Å²) >= 11 is 8.00. The van der Waals surface area contributed by atoms with E-state index >= 15 is 0 Å². The molecule has 0 aliphatic carbocycles. The summed E-state index contributed by atoms with van der Waals surface area (Å²) in [6.45, 7) is 0. The lowest BCUT2D eigenvalue weighted by Gasteiger charge is -1.89. The number of thiol groups is 2. The van der Waals surface area contributed by atoms with Gasteiger partial charge in [-0.1, -0.05) is 6.42 Å². The van der Waals surface area contributed by atoms with Crippen LogP contribution in [0, 0.1) is 5.75 Å². The fourth-order valence-corrected chi connectivity index (χ4v) is 0.754. The molecule has 0 saturated heterocycles. The molecule has 7 heavy (non-hydrogen) atoms. The summed E-state index contributed by atoms with van der Waals surface area (Å²) in [5.74, 6) is 2.89. The first-order valence-corrected chi connectivity index (χ1v) is 3.63. The predicted molar refractivity (Wildman–Crippen MR) is 41.0 cm³/mol. The quantitative estimate of drug-likeness (QED) is 0.428. The second-order valence-electron chi connectivity index (χ2n) is 1.40. The molecule has 2 heteroatoms. The molecular formula is C5H11S2. The van der Waals surface area contributed by atoms with Gasteiger partial charge in [0, 0.05) is 5.75 Å². The van der Waals surface area contributed by atoms with Crippen molar-refractivity contribution >= 4 is 25.3 Å². The van der Waals surface area contributed by atoms with E-state index in [-0.39, 0.29) is 0 Å². The van der Waals surface area contributed by atoms with E-state index < -0.39 is 0 Å². The molecule has 1 radical (unpaired) electrons. The molecule has 0 spiro atoms. The van der Waals surface area contributed by atoms with Crippen molar-refractivity contribution in [3.8, 4) is 0 Å². The monoisotopic (exact) mass is 135 g/mol. The molecular weight excluding hydrogens is 124 g/mol. The van der Waals surface area contributed by atoms with E-state index in [2.05, 4.69) is 25.3 Å². The van der Waals surface area contributed by atoms with Gasteiger partial charge in [0.2, 0.25) is 0 Å². The van der Waals surface area contributed by atoms with E-state index in [1.54, 1.807) is 0 Å². The Balaban J connectivity index is 2.45. The standard InChI is InChI=1S/C5H11S2/c6-4-2-1-3-5-7/h4,6-7H,1-3,5H2. The van der Waals surface area contributed by atoms with Crippen molar-refractivity contribution in [1.29, 1.82) is 0 Å². The van der Waals surface area contributed by atoms with Crippen molar-refractivity contribution in [1.82, 2.24) is 0 Å². The Bertz CT molecular complexity index is 25.3. The Hall–Kier alpha value is 0.700. The van der Waals surface area contributed by atoms with Gasteiger partial charge in [-0.3, -0.25) is 0 Å². The van der Waals surface area contributed by atoms with Crippen molar-refractivity contribution < 1.29 is 0 Å². The minimum atomic E-state index is 1.00. The van der Waals surface area contributed by atoms with E-state index in [0.29, 0.717) is 0 Å². The van der Waals surface area contributed by atoms with E-state index in [1.807, 2.05) is 5.75 Å². The Morgan fingerprint density at radius 1 is 1.29 bits per heavy atom. The van der Waals surface area contributed by atoms with Crippen LogP contribution in [0.25, 0.3) is 0 Å². The fourth-order valence-electron chi connectivity index (χ4n) is 0.347. The van der Waals surface area contributed by atoms with Crippen molar-refractivity contribution in [3.63, 3.8) is 0 Å². The third kappa shape index (κ3) is 6.70. The summed E-state index contributed by atoms with van der Waals surface area (Å²) in [5, 5.41) is 0. The maximum atomic E-state index is 4.05. The van der Waals surface area contributed by atoms with E-state index in [0.717, 1.165) is 12.2 Å². The third-order valence-corrected chi connectivity index (χ3v) is 1.32. The van der Waals surface area contributed by atoms with Gasteiger partial charge in [-0.25, -0.2) is 0 Å². The van der Waals surface area contributed by atoms with Crippen molar-refractivity contribution in [2.75, 3.05) is 5.75 Å². The van der Waals surface area contributed by atoms with Crippen LogP contribution < -0.4 is 0 Å². The van der Waals surface area contributed by atoms with Crippen LogP contribution in [0.4, 0.5) is 0 Å². The molecule has 0 rings (SSSR count). The maximum Gasteiger partial charge on any atom is 0.0133 e. The number of rotatable bonds is 4. The normalized spacial score (nSPS) is 9.43. The molecule has 0 unspecified atom stereocenters. The molecule has 0 nitrogen and oxygen atoms in total. The number of unbranched alkanes of at least 4 members (excludes halogenated alkanes) is 2. The SMILES string of the molecule is S[CH]CCCCS. The summed E-state index contributed by atoms with van der Waals surface area (Å²) in [6.07, 6.45) is 3.55. The highest BCUT2D eigenvalue weighted by molar-refractivity contribution is 7.82. The van der Waals surface area contributed by atoms with Crippen LogP contribution in [-0.2, 0) is 0 Å². The molecule has 0 aromatic heterocycles. The lowest BCUT2D eigenvalue weighted by molar-refractivity contribution is 0.817. The molecule has 0 N–H and O–H groups in total. The van der Waals surface area contributed by atoms with Gasteiger partial charge < -0.3 is 0 Å². The van der Waals surface area contributed by atoms with Gasteiger partial charge in [-0.15, -0.1) is 0 Å². The molecule has 0 bridgehead atoms. The molecule has 0 amide bonds. The first-order chi connectivity index (χ1) is 3.41. The zero-order valence-electron chi connectivity index (χ0n) is 4.30. The highest BCUT2D eigenvalue weighted by Gasteiger charge is 1.81. The van der Waals surface area contributed by atoms with Crippen LogP contribution in [0.15, 0.2) is 0 Å². The summed E-state index contributed by atoms with van der Waals surface area (Å²) in [6, 6.07) is 0. The smallest absolute Gasteiger partial charge is 0.0133 e. The highest BCUT2D eigenvalue weighted by Crippen LogP contribution is 2.00. The van der Waals surface area contributed by atoms with Gasteiger partial charge in [-0.05, 0) is 18.6 Å². The minimum Gasteiger partial charge on any atom is -0.179 e. The zero-order valence-corrected chi connectivity index (χ0v) is 6.09. The van der Waals surface area contributed by atoms with Gasteiger partial charge in [0.25, 0.3) is 0 Å². The van der Waals surface area contributed by atoms with E-state index in [4.69, 9.17) is 0 Å². The molecule has 0 atom stereocenters. The van der Waals surface area contributed by atoms with Crippen molar-refractivity contribution in [2.45, 2.75) is 19.3 Å². The van der Waals surface area contributed by atoms with E-state index in [9.17, 15) is 0 Å². The summed E-state index contributed by atoms with van der Waals surface area (Å²) < 4.78 is 0. The highest BCUT2D eigenvalue weighted by atomic mass is 32.1. The topological polar surface area (TPSA) is 0 Å². The molecule has 0 fully saturated rings. The first kappa shape index (κ1) is 7.70. The fraction of sp³-hybridized carbons (Fsp3) is 0.800. The maximum absolute atomic E-state index is 4.05. The Morgan fingerprint density at radius 3 is 2.43 bits per heavy atom. The zero-order chi connectivity index (χ0) is 5.54. The van der Waals surface area contributed by atoms with Crippen molar-refractivity contribution in [3.05, 3.63) is 5.75 Å². The average Bonchev–Trinajstić information content (AvgIpc) is 1.69. The van der Waals surface area contributed by atoms with Crippen LogP contribution in [-0.4, -0.2) is 5.75 Å². The predicted octanol–water partition coefficient (Wildman–Crippen LogP) is 2.18. The van der Waals surface area contributed by atoms with Crippen LogP contribution in [0.5, 0.6) is 0 Å². The van der Waals surface area contributed by atoms with Gasteiger partial charge >= 0.3 is 0 Å². The van der Waals surface area contributed by atoms with Gasteiger partial charge in [0.05, 0.1) is 0 Å². The Morgan fingerprint density at radius 2 is 2.00 bits per heavy atom. The lowest BCUT2D eigenvalue weighted by atomic mass is 10.3. The van der Waals surface area contributed by atoms with Crippen LogP contribution >= 0.6 is 25.3 Å². The summed E-state index contributed by atoms with van der Waals surface area (Å²) in [7, 11) is 0. The Labute approximate surface area is 56.5 Å². The molecule has 0 saturated carbocycles. The second-order valence-corrected chi connectivity index (χ2v) is 2.21. The van der Waals surface area contributed by atoms with E-state index in [1.165, 1.54) is 12.8 Å². The van der Waals surface area contributed by atoms with Crippen molar-refractivity contribution in [2.24, 2.45) is 0 Å². The minimum absolute atomic E-state index is 1.00. The number of hydrogen-bond donors (Lipinski definition) is 2. The molecule has 43 valence electrons. The summed E-state index contributed by atoms with van der Waals surface area (Å²) in [5.41, 5.74) is 0. The molecule has 0 heterocycles. The van der Waals surface area contributed by atoms with Gasteiger partial charge in [0.15, 0.2) is 0 Å². The average molecular weight is 135 g/mol. The lowest BCUT2D eigenvalue weighted by Crippen LogP contribution is -1.73. The molecule has 0 aromatic rings.